The molecule has 0 spiro atoms. The molecular formula is C18H17F3N2O5S. The Hall–Kier alpha value is -2.63. The van der Waals surface area contributed by atoms with Gasteiger partial charge in [-0.2, -0.15) is 17.5 Å². The second kappa shape index (κ2) is 8.01. The van der Waals surface area contributed by atoms with Crippen molar-refractivity contribution in [3.63, 3.8) is 0 Å². The summed E-state index contributed by atoms with van der Waals surface area (Å²) in [6.07, 6.45) is -4.36. The molecule has 7 nitrogen and oxygen atoms in total. The Morgan fingerprint density at radius 2 is 1.66 bits per heavy atom. The Labute approximate surface area is 164 Å². The Morgan fingerprint density at radius 1 is 1.10 bits per heavy atom. The number of amides is 1. The minimum Gasteiger partial charge on any atom is -0.457 e. The molecule has 1 fully saturated rings. The van der Waals surface area contributed by atoms with Crippen LogP contribution in [0.1, 0.15) is 17.5 Å². The molecule has 2 aromatic rings. The molecule has 0 unspecified atom stereocenters. The first kappa shape index (κ1) is 21.1. The summed E-state index contributed by atoms with van der Waals surface area (Å²) in [5.74, 6) is -0.427. The largest absolute Gasteiger partial charge is 0.457 e. The fourth-order valence-corrected chi connectivity index (χ4v) is 4.64. The summed E-state index contributed by atoms with van der Waals surface area (Å²) < 4.78 is 68.6. The second-order valence-corrected chi connectivity index (χ2v) is 8.45. The molecule has 0 saturated carbocycles. The number of carbonyl (C=O) groups is 1. The third kappa shape index (κ3) is 4.86. The molecule has 29 heavy (non-hydrogen) atoms. The Kier molecular flexibility index (Phi) is 5.82. The first-order valence-corrected chi connectivity index (χ1v) is 10.1. The smallest absolute Gasteiger partial charge is 0.416 e. The predicted octanol–water partition coefficient (Wildman–Crippen LogP) is 2.91. The Bertz CT molecular complexity index is 976. The zero-order valence-corrected chi connectivity index (χ0v) is 15.7. The lowest BCUT2D eigenvalue weighted by Gasteiger charge is -2.21. The molecule has 2 aromatic carbocycles. The number of halogens is 3. The van der Waals surface area contributed by atoms with Crippen LogP contribution in [0.15, 0.2) is 48.5 Å². The van der Waals surface area contributed by atoms with Crippen LogP contribution < -0.4 is 10.2 Å². The van der Waals surface area contributed by atoms with E-state index in [0.29, 0.717) is 11.3 Å². The van der Waals surface area contributed by atoms with Crippen LogP contribution in [0.5, 0.6) is 11.5 Å². The van der Waals surface area contributed by atoms with Gasteiger partial charge in [0.2, 0.25) is 10.0 Å². The van der Waals surface area contributed by atoms with Crippen LogP contribution in [0.25, 0.3) is 0 Å². The monoisotopic (exact) mass is 430 g/mol. The van der Waals surface area contributed by atoms with Crippen molar-refractivity contribution in [3.05, 3.63) is 59.7 Å². The van der Waals surface area contributed by atoms with Crippen molar-refractivity contribution in [2.75, 3.05) is 5.75 Å². The number of hydrogen-bond acceptors (Lipinski definition) is 5. The quantitative estimate of drug-likeness (QED) is 0.562. The fourth-order valence-electron chi connectivity index (χ4n) is 2.95. The van der Waals surface area contributed by atoms with Gasteiger partial charge in [-0.15, -0.1) is 0 Å². The first-order chi connectivity index (χ1) is 13.6. The molecule has 2 N–H and O–H groups in total. The summed E-state index contributed by atoms with van der Waals surface area (Å²) in [6.45, 7) is -0.0685. The molecule has 3 rings (SSSR count). The number of sulfonamides is 1. The van der Waals surface area contributed by atoms with Gasteiger partial charge in [-0.1, -0.05) is 12.1 Å². The Balaban J connectivity index is 1.69. The lowest BCUT2D eigenvalue weighted by atomic mass is 10.1. The van der Waals surface area contributed by atoms with E-state index >= 15 is 0 Å². The summed E-state index contributed by atoms with van der Waals surface area (Å²) in [6, 6.07) is 9.48. The predicted molar refractivity (Wildman–Crippen MR) is 95.6 cm³/mol. The van der Waals surface area contributed by atoms with E-state index in [-0.39, 0.29) is 24.5 Å². The molecule has 0 aromatic heterocycles. The molecule has 1 heterocycles. The van der Waals surface area contributed by atoms with Gasteiger partial charge in [-0.25, -0.2) is 13.9 Å². The van der Waals surface area contributed by atoms with E-state index in [4.69, 9.17) is 9.94 Å². The highest BCUT2D eigenvalue weighted by molar-refractivity contribution is 7.89. The van der Waals surface area contributed by atoms with Crippen molar-refractivity contribution in [2.45, 2.75) is 25.2 Å². The number of hydrogen-bond donors (Lipinski definition) is 2. The molecule has 1 aliphatic rings. The molecular weight excluding hydrogens is 413 g/mol. The van der Waals surface area contributed by atoms with Crippen LogP contribution in [-0.2, 0) is 27.5 Å². The minimum absolute atomic E-state index is 0.0685. The van der Waals surface area contributed by atoms with Gasteiger partial charge in [-0.3, -0.25) is 10.0 Å². The van der Waals surface area contributed by atoms with E-state index in [1.165, 1.54) is 29.7 Å². The number of rotatable bonds is 5. The minimum atomic E-state index is -4.43. The third-order valence-electron chi connectivity index (χ3n) is 4.45. The summed E-state index contributed by atoms with van der Waals surface area (Å²) in [4.78, 5) is 11.7. The summed E-state index contributed by atoms with van der Waals surface area (Å²) >= 11 is 0. The van der Waals surface area contributed by atoms with E-state index in [0.717, 1.165) is 16.4 Å². The van der Waals surface area contributed by atoms with Crippen molar-refractivity contribution in [2.24, 2.45) is 0 Å². The number of alkyl halides is 3. The maximum atomic E-state index is 12.6. The van der Waals surface area contributed by atoms with Gasteiger partial charge in [0.15, 0.2) is 0 Å². The van der Waals surface area contributed by atoms with Gasteiger partial charge in [0, 0.05) is 6.54 Å². The number of carbonyl (C=O) groups excluding carboxylic acids is 1. The standard InChI is InChI=1S/C18H17F3N2O5S/c19-18(20,21)13-3-7-15(8-4-13)28-14-5-1-12(2-6-14)11-23-16(17(24)22-25)9-10-29(23,26)27/h1-8,16,25H,9-11H2,(H,22,24)/t16-/m0/s1. The highest BCUT2D eigenvalue weighted by Crippen LogP contribution is 2.31. The van der Waals surface area contributed by atoms with E-state index < -0.39 is 33.7 Å². The molecule has 0 aliphatic carbocycles. The van der Waals surface area contributed by atoms with Gasteiger partial charge >= 0.3 is 6.18 Å². The van der Waals surface area contributed by atoms with Crippen molar-refractivity contribution in [1.29, 1.82) is 0 Å². The van der Waals surface area contributed by atoms with E-state index in [9.17, 15) is 26.4 Å². The lowest BCUT2D eigenvalue weighted by molar-refractivity contribution is -0.137. The topological polar surface area (TPSA) is 95.9 Å². The highest BCUT2D eigenvalue weighted by Gasteiger charge is 2.41. The van der Waals surface area contributed by atoms with E-state index in [1.807, 2.05) is 0 Å². The van der Waals surface area contributed by atoms with Gasteiger partial charge in [-0.05, 0) is 48.4 Å². The maximum Gasteiger partial charge on any atom is 0.416 e. The van der Waals surface area contributed by atoms with E-state index in [2.05, 4.69) is 0 Å². The van der Waals surface area contributed by atoms with Gasteiger partial charge in [0.05, 0.1) is 11.3 Å². The van der Waals surface area contributed by atoms with Crippen LogP contribution in [0.4, 0.5) is 13.2 Å². The van der Waals surface area contributed by atoms with Gasteiger partial charge in [0.25, 0.3) is 5.91 Å². The van der Waals surface area contributed by atoms with Crippen molar-refractivity contribution in [3.8, 4) is 11.5 Å². The molecule has 156 valence electrons. The number of nitrogens with zero attached hydrogens (tertiary/aromatic N) is 1. The second-order valence-electron chi connectivity index (χ2n) is 6.41. The van der Waals surface area contributed by atoms with Gasteiger partial charge in [0.1, 0.15) is 17.5 Å². The number of ether oxygens (including phenoxy) is 1. The van der Waals surface area contributed by atoms with Crippen LogP contribution in [0.3, 0.4) is 0 Å². The normalized spacial score (nSPS) is 19.1. The zero-order chi connectivity index (χ0) is 21.2. The number of hydroxylamine groups is 1. The molecule has 1 atom stereocenters. The maximum absolute atomic E-state index is 12.6. The average molecular weight is 430 g/mol. The van der Waals surface area contributed by atoms with Crippen LogP contribution >= 0.6 is 0 Å². The van der Waals surface area contributed by atoms with Crippen molar-refractivity contribution in [1.82, 2.24) is 9.79 Å². The number of benzene rings is 2. The highest BCUT2D eigenvalue weighted by atomic mass is 32.2. The first-order valence-electron chi connectivity index (χ1n) is 8.48. The fraction of sp³-hybridized carbons (Fsp3) is 0.278. The van der Waals surface area contributed by atoms with Crippen molar-refractivity contribution < 1.29 is 36.3 Å². The summed E-state index contributed by atoms with van der Waals surface area (Å²) in [5.41, 5.74) is 1.27. The molecule has 1 amide bonds. The summed E-state index contributed by atoms with van der Waals surface area (Å²) in [5, 5.41) is 8.79. The molecule has 1 saturated heterocycles. The van der Waals surface area contributed by atoms with Crippen LogP contribution in [0.2, 0.25) is 0 Å². The molecule has 0 radical (unpaired) electrons. The SMILES string of the molecule is O=C(NO)[C@@H]1CCS(=O)(=O)N1Cc1ccc(Oc2ccc(C(F)(F)F)cc2)cc1. The lowest BCUT2D eigenvalue weighted by Crippen LogP contribution is -2.43. The number of nitrogens with one attached hydrogen (secondary N) is 1. The van der Waals surface area contributed by atoms with Crippen LogP contribution in [-0.4, -0.2) is 35.6 Å². The van der Waals surface area contributed by atoms with Crippen molar-refractivity contribution >= 4 is 15.9 Å². The zero-order valence-electron chi connectivity index (χ0n) is 14.9. The molecule has 1 aliphatic heterocycles. The Morgan fingerprint density at radius 3 is 2.17 bits per heavy atom. The van der Waals surface area contributed by atoms with Gasteiger partial charge < -0.3 is 4.74 Å². The average Bonchev–Trinajstić information content (AvgIpc) is 2.97. The molecule has 0 bridgehead atoms. The summed E-state index contributed by atoms with van der Waals surface area (Å²) in [7, 11) is -3.63. The van der Waals surface area contributed by atoms with E-state index in [1.54, 1.807) is 12.1 Å². The van der Waals surface area contributed by atoms with Crippen LogP contribution in [0, 0.1) is 0 Å². The molecule has 11 heteroatoms. The third-order valence-corrected chi connectivity index (χ3v) is 6.30.